The maximum absolute atomic E-state index is 12.3. The molecule has 1 aliphatic carbocycles. The van der Waals surface area contributed by atoms with E-state index in [1.165, 1.54) is 0 Å². The Morgan fingerprint density at radius 1 is 1.30 bits per heavy atom. The van der Waals surface area contributed by atoms with Gasteiger partial charge in [-0.3, -0.25) is 16.0 Å². The number of amides is 1. The largest absolute Gasteiger partial charge is 0.497 e. The van der Waals surface area contributed by atoms with Gasteiger partial charge in [-0.25, -0.2) is 0 Å². The summed E-state index contributed by atoms with van der Waals surface area (Å²) >= 11 is 0. The smallest absolute Gasteiger partial charge is 0.246 e. The standard InChI is InChI=1S/C15H12N6O2/c1-23-9-4-2-8(3-5-9)10-11-13(6-16)12(22)19-15(18,21-20-10)14(11,13)7-17/h2-5,11,21H,18H2,1H3,(H,19,22). The van der Waals surface area contributed by atoms with Gasteiger partial charge in [-0.05, 0) is 29.8 Å². The summed E-state index contributed by atoms with van der Waals surface area (Å²) in [5.74, 6) is -2.07. The van der Waals surface area contributed by atoms with Gasteiger partial charge in [0, 0.05) is 0 Å². The Hall–Kier alpha value is -3.10. The Morgan fingerprint density at radius 3 is 2.57 bits per heavy atom. The number of benzene rings is 1. The molecule has 0 aromatic heterocycles. The Bertz CT molecular complexity index is 850. The SMILES string of the molecule is COc1ccc(C2=NNC3(N)NC(=O)C4(C#N)C2C34C#N)cc1. The number of hydrazone groups is 1. The molecule has 1 amide bonds. The van der Waals surface area contributed by atoms with Crippen molar-refractivity contribution in [3.63, 3.8) is 0 Å². The lowest BCUT2D eigenvalue weighted by Gasteiger charge is -2.35. The van der Waals surface area contributed by atoms with Crippen LogP contribution in [0.1, 0.15) is 5.56 Å². The molecule has 4 rings (SSSR count). The molecule has 0 bridgehead atoms. The van der Waals surface area contributed by atoms with E-state index in [0.717, 1.165) is 0 Å². The Kier molecular flexibility index (Phi) is 2.24. The highest BCUT2D eigenvalue weighted by Gasteiger charge is 2.96. The first-order chi connectivity index (χ1) is 11.0. The maximum Gasteiger partial charge on any atom is 0.246 e. The van der Waals surface area contributed by atoms with Crippen LogP contribution in [0, 0.1) is 39.4 Å². The van der Waals surface area contributed by atoms with E-state index in [4.69, 9.17) is 10.5 Å². The first-order valence-corrected chi connectivity index (χ1v) is 6.94. The van der Waals surface area contributed by atoms with Gasteiger partial charge in [0.2, 0.25) is 11.7 Å². The topological polar surface area (TPSA) is 136 Å². The molecule has 2 aliphatic heterocycles. The summed E-state index contributed by atoms with van der Waals surface area (Å²) < 4.78 is 5.11. The number of ether oxygens (including phenoxy) is 1. The number of carbonyl (C=O) groups is 1. The van der Waals surface area contributed by atoms with E-state index < -0.39 is 28.4 Å². The molecule has 2 fully saturated rings. The number of fused-ring (bicyclic) bond motifs is 1. The van der Waals surface area contributed by atoms with Gasteiger partial charge in [-0.1, -0.05) is 0 Å². The van der Waals surface area contributed by atoms with Crippen LogP contribution in [0.15, 0.2) is 29.4 Å². The van der Waals surface area contributed by atoms with E-state index in [0.29, 0.717) is 17.0 Å². The van der Waals surface area contributed by atoms with E-state index in [1.54, 1.807) is 31.4 Å². The summed E-state index contributed by atoms with van der Waals surface area (Å²) in [5, 5.41) is 26.1. The van der Waals surface area contributed by atoms with Crippen LogP contribution in [-0.2, 0) is 4.79 Å². The van der Waals surface area contributed by atoms with Crippen molar-refractivity contribution >= 4 is 11.6 Å². The highest BCUT2D eigenvalue weighted by molar-refractivity contribution is 6.14. The maximum atomic E-state index is 12.3. The minimum absolute atomic E-state index is 0.478. The normalized spacial score (nSPS) is 39.0. The van der Waals surface area contributed by atoms with Gasteiger partial charge in [-0.2, -0.15) is 15.6 Å². The number of nitrogens with one attached hydrogen (secondary N) is 2. The summed E-state index contributed by atoms with van der Waals surface area (Å²) in [5.41, 5.74) is 7.09. The zero-order chi connectivity index (χ0) is 16.5. The number of nitriles is 2. The molecule has 114 valence electrons. The first-order valence-electron chi connectivity index (χ1n) is 6.94. The third-order valence-electron chi connectivity index (χ3n) is 5.06. The lowest BCUT2D eigenvalue weighted by atomic mass is 9.90. The van der Waals surface area contributed by atoms with Gasteiger partial charge in [0.1, 0.15) is 5.75 Å². The highest BCUT2D eigenvalue weighted by Crippen LogP contribution is 2.76. The average molecular weight is 308 g/mol. The minimum Gasteiger partial charge on any atom is -0.497 e. The molecule has 3 aliphatic rings. The van der Waals surface area contributed by atoms with Gasteiger partial charge in [0.25, 0.3) is 0 Å². The first kappa shape index (κ1) is 13.6. The van der Waals surface area contributed by atoms with Crippen molar-refractivity contribution in [2.45, 2.75) is 5.79 Å². The predicted octanol–water partition coefficient (Wildman–Crippen LogP) is -0.605. The third kappa shape index (κ3) is 1.17. The molecule has 4 atom stereocenters. The van der Waals surface area contributed by atoms with E-state index in [-0.39, 0.29) is 0 Å². The van der Waals surface area contributed by atoms with Crippen LogP contribution in [0.25, 0.3) is 0 Å². The van der Waals surface area contributed by atoms with Gasteiger partial charge in [0.05, 0.1) is 30.9 Å². The number of carbonyl (C=O) groups excluding carboxylic acids is 1. The zero-order valence-electron chi connectivity index (χ0n) is 12.1. The van der Waals surface area contributed by atoms with Crippen molar-refractivity contribution in [2.75, 3.05) is 7.11 Å². The number of piperidine rings is 1. The van der Waals surface area contributed by atoms with Crippen LogP contribution >= 0.6 is 0 Å². The molecule has 1 aromatic rings. The second-order valence-electron chi connectivity index (χ2n) is 5.87. The van der Waals surface area contributed by atoms with Crippen molar-refractivity contribution in [1.82, 2.24) is 10.7 Å². The zero-order valence-corrected chi connectivity index (χ0v) is 12.1. The number of methoxy groups -OCH3 is 1. The third-order valence-corrected chi connectivity index (χ3v) is 5.06. The van der Waals surface area contributed by atoms with Crippen LogP contribution < -0.4 is 21.2 Å². The van der Waals surface area contributed by atoms with E-state index in [9.17, 15) is 15.3 Å². The van der Waals surface area contributed by atoms with E-state index in [1.807, 2.05) is 6.07 Å². The number of rotatable bonds is 2. The van der Waals surface area contributed by atoms with Crippen molar-refractivity contribution in [3.8, 4) is 17.9 Å². The second-order valence-corrected chi connectivity index (χ2v) is 5.87. The quantitative estimate of drug-likeness (QED) is 0.667. The number of nitrogens with zero attached hydrogens (tertiary/aromatic N) is 3. The summed E-state index contributed by atoms with van der Waals surface area (Å²) in [7, 11) is 1.56. The van der Waals surface area contributed by atoms with Crippen LogP contribution in [-0.4, -0.2) is 24.5 Å². The van der Waals surface area contributed by atoms with Crippen LogP contribution in [0.2, 0.25) is 0 Å². The predicted molar refractivity (Wildman–Crippen MR) is 77.3 cm³/mol. The fourth-order valence-electron chi connectivity index (χ4n) is 3.88. The molecule has 8 heteroatoms. The summed E-state index contributed by atoms with van der Waals surface area (Å²) in [4.78, 5) is 12.3. The fourth-order valence-corrected chi connectivity index (χ4v) is 3.88. The molecule has 23 heavy (non-hydrogen) atoms. The molecule has 1 saturated carbocycles. The van der Waals surface area contributed by atoms with Gasteiger partial charge >= 0.3 is 0 Å². The van der Waals surface area contributed by atoms with Gasteiger partial charge < -0.3 is 10.1 Å². The summed E-state index contributed by atoms with van der Waals surface area (Å²) in [6.45, 7) is 0. The molecular formula is C15H12N6O2. The van der Waals surface area contributed by atoms with Crippen molar-refractivity contribution < 1.29 is 9.53 Å². The lowest BCUT2D eigenvalue weighted by Crippen LogP contribution is -2.68. The molecule has 1 aromatic carbocycles. The molecule has 0 spiro atoms. The van der Waals surface area contributed by atoms with E-state index in [2.05, 4.69) is 21.9 Å². The van der Waals surface area contributed by atoms with Crippen LogP contribution in [0.4, 0.5) is 0 Å². The van der Waals surface area contributed by atoms with Crippen molar-refractivity contribution in [3.05, 3.63) is 29.8 Å². The Labute approximate surface area is 131 Å². The Morgan fingerprint density at radius 2 is 2.00 bits per heavy atom. The average Bonchev–Trinajstić information content (AvgIpc) is 3.15. The molecular weight excluding hydrogens is 296 g/mol. The number of hydrogen-bond acceptors (Lipinski definition) is 7. The summed E-state index contributed by atoms with van der Waals surface area (Å²) in [6.07, 6.45) is 0. The monoisotopic (exact) mass is 308 g/mol. The fraction of sp³-hybridized carbons (Fsp3) is 0.333. The van der Waals surface area contributed by atoms with Crippen LogP contribution in [0.3, 0.4) is 0 Å². The molecule has 8 nitrogen and oxygen atoms in total. The molecule has 4 N–H and O–H groups in total. The summed E-state index contributed by atoms with van der Waals surface area (Å²) in [6, 6.07) is 11.2. The van der Waals surface area contributed by atoms with E-state index >= 15 is 0 Å². The van der Waals surface area contributed by atoms with Gasteiger partial charge in [-0.15, -0.1) is 0 Å². The highest BCUT2D eigenvalue weighted by atomic mass is 16.5. The minimum atomic E-state index is -1.53. The van der Waals surface area contributed by atoms with Crippen LogP contribution in [0.5, 0.6) is 5.75 Å². The lowest BCUT2D eigenvalue weighted by molar-refractivity contribution is -0.124. The number of hydrogen-bond donors (Lipinski definition) is 3. The van der Waals surface area contributed by atoms with Gasteiger partial charge in [0.15, 0.2) is 10.8 Å². The molecule has 1 saturated heterocycles. The van der Waals surface area contributed by atoms with Crippen molar-refractivity contribution in [1.29, 1.82) is 10.5 Å². The molecule has 0 radical (unpaired) electrons. The number of nitrogens with two attached hydrogens (primary N) is 1. The van der Waals surface area contributed by atoms with Crippen molar-refractivity contribution in [2.24, 2.45) is 27.6 Å². The Balaban J connectivity index is 1.87. The molecule has 4 unspecified atom stereocenters. The second kappa shape index (κ2) is 3.80. The molecule has 2 heterocycles.